The van der Waals surface area contributed by atoms with Crippen LogP contribution >= 0.6 is 0 Å². The van der Waals surface area contributed by atoms with E-state index in [4.69, 9.17) is 5.73 Å². The van der Waals surface area contributed by atoms with Gasteiger partial charge in [0.05, 0.1) is 0 Å². The minimum absolute atomic E-state index is 0.184. The van der Waals surface area contributed by atoms with Crippen molar-refractivity contribution in [3.05, 3.63) is 47.5 Å². The van der Waals surface area contributed by atoms with Crippen molar-refractivity contribution in [1.82, 2.24) is 0 Å². The van der Waals surface area contributed by atoms with Crippen molar-refractivity contribution >= 4 is 10.8 Å². The zero-order valence-electron chi connectivity index (χ0n) is 12.4. The fourth-order valence-corrected chi connectivity index (χ4v) is 3.80. The SMILES string of the molecule is Cc1ccc2ccccc2c1C(N)CC1CCCCC1. The van der Waals surface area contributed by atoms with E-state index in [9.17, 15) is 0 Å². The predicted molar refractivity (Wildman–Crippen MR) is 86.8 cm³/mol. The number of benzene rings is 2. The summed E-state index contributed by atoms with van der Waals surface area (Å²) >= 11 is 0. The van der Waals surface area contributed by atoms with E-state index in [0.29, 0.717) is 0 Å². The van der Waals surface area contributed by atoms with Gasteiger partial charge in [0.25, 0.3) is 0 Å². The van der Waals surface area contributed by atoms with Gasteiger partial charge in [-0.25, -0.2) is 0 Å². The van der Waals surface area contributed by atoms with Gasteiger partial charge < -0.3 is 5.73 Å². The summed E-state index contributed by atoms with van der Waals surface area (Å²) in [6.45, 7) is 2.20. The summed E-state index contributed by atoms with van der Waals surface area (Å²) in [6, 6.07) is 13.3. The highest BCUT2D eigenvalue weighted by molar-refractivity contribution is 5.87. The first-order valence-corrected chi connectivity index (χ1v) is 7.99. The van der Waals surface area contributed by atoms with Gasteiger partial charge in [-0.2, -0.15) is 0 Å². The summed E-state index contributed by atoms with van der Waals surface area (Å²) in [6.07, 6.45) is 8.10. The van der Waals surface area contributed by atoms with Gasteiger partial charge in [0, 0.05) is 6.04 Å². The number of hydrogen-bond acceptors (Lipinski definition) is 1. The second-order valence-corrected chi connectivity index (χ2v) is 6.36. The van der Waals surface area contributed by atoms with Gasteiger partial charge in [-0.15, -0.1) is 0 Å². The fourth-order valence-electron chi connectivity index (χ4n) is 3.80. The Labute approximate surface area is 122 Å². The van der Waals surface area contributed by atoms with Crippen LogP contribution in [0.5, 0.6) is 0 Å². The summed E-state index contributed by atoms with van der Waals surface area (Å²) in [5.74, 6) is 0.831. The molecule has 2 aromatic carbocycles. The van der Waals surface area contributed by atoms with Crippen LogP contribution in [0.4, 0.5) is 0 Å². The maximum atomic E-state index is 6.59. The molecule has 1 saturated carbocycles. The second kappa shape index (κ2) is 5.97. The van der Waals surface area contributed by atoms with Gasteiger partial charge in [0.1, 0.15) is 0 Å². The molecule has 1 fully saturated rings. The minimum atomic E-state index is 0.184. The first-order chi connectivity index (χ1) is 9.75. The molecule has 2 aromatic rings. The topological polar surface area (TPSA) is 26.0 Å². The van der Waals surface area contributed by atoms with E-state index < -0.39 is 0 Å². The van der Waals surface area contributed by atoms with Crippen LogP contribution in [0.25, 0.3) is 10.8 Å². The molecule has 1 aliphatic carbocycles. The number of hydrogen-bond donors (Lipinski definition) is 1. The quantitative estimate of drug-likeness (QED) is 0.820. The zero-order chi connectivity index (χ0) is 13.9. The molecule has 0 saturated heterocycles. The molecule has 20 heavy (non-hydrogen) atoms. The molecule has 0 amide bonds. The van der Waals surface area contributed by atoms with Crippen molar-refractivity contribution in [3.63, 3.8) is 0 Å². The highest BCUT2D eigenvalue weighted by Gasteiger charge is 2.20. The van der Waals surface area contributed by atoms with E-state index in [1.54, 1.807) is 0 Å². The lowest BCUT2D eigenvalue weighted by Gasteiger charge is -2.26. The lowest BCUT2D eigenvalue weighted by Crippen LogP contribution is -2.18. The van der Waals surface area contributed by atoms with Gasteiger partial charge in [-0.3, -0.25) is 0 Å². The summed E-state index contributed by atoms with van der Waals surface area (Å²) < 4.78 is 0. The number of fused-ring (bicyclic) bond motifs is 1. The Morgan fingerprint density at radius 3 is 2.60 bits per heavy atom. The molecule has 1 atom stereocenters. The maximum Gasteiger partial charge on any atom is 0.0306 e. The van der Waals surface area contributed by atoms with Crippen LogP contribution in [-0.2, 0) is 0 Å². The molecule has 0 bridgehead atoms. The highest BCUT2D eigenvalue weighted by Crippen LogP contribution is 2.34. The normalized spacial score (nSPS) is 18.3. The van der Waals surface area contributed by atoms with Crippen molar-refractivity contribution in [2.24, 2.45) is 11.7 Å². The predicted octanol–water partition coefficient (Wildman–Crippen LogP) is 5.12. The van der Waals surface area contributed by atoms with Gasteiger partial charge in [0.15, 0.2) is 0 Å². The van der Waals surface area contributed by atoms with E-state index in [1.807, 2.05) is 0 Å². The van der Waals surface area contributed by atoms with Gasteiger partial charge in [0.2, 0.25) is 0 Å². The Morgan fingerprint density at radius 1 is 1.05 bits per heavy atom. The molecule has 0 aromatic heterocycles. The molecule has 0 aliphatic heterocycles. The number of nitrogens with two attached hydrogens (primary N) is 1. The average molecular weight is 267 g/mol. The zero-order valence-corrected chi connectivity index (χ0v) is 12.4. The molecule has 0 heterocycles. The Bertz CT molecular complexity index is 581. The third-order valence-electron chi connectivity index (χ3n) is 4.87. The molecule has 2 N–H and O–H groups in total. The van der Waals surface area contributed by atoms with Crippen LogP contribution in [0.1, 0.15) is 55.7 Å². The largest absolute Gasteiger partial charge is 0.324 e. The van der Waals surface area contributed by atoms with Crippen LogP contribution in [-0.4, -0.2) is 0 Å². The molecule has 0 radical (unpaired) electrons. The maximum absolute atomic E-state index is 6.59. The Kier molecular flexibility index (Phi) is 4.07. The van der Waals surface area contributed by atoms with Crippen molar-refractivity contribution in [2.75, 3.05) is 0 Å². The van der Waals surface area contributed by atoms with Crippen molar-refractivity contribution in [3.8, 4) is 0 Å². The standard InChI is InChI=1S/C19H25N/c1-14-11-12-16-9-5-6-10-17(16)19(14)18(20)13-15-7-3-2-4-8-15/h5-6,9-12,15,18H,2-4,7-8,13,20H2,1H3. The van der Waals surface area contributed by atoms with E-state index in [0.717, 1.165) is 12.3 Å². The fraction of sp³-hybridized carbons (Fsp3) is 0.474. The summed E-state index contributed by atoms with van der Waals surface area (Å²) in [5, 5.41) is 2.66. The lowest BCUT2D eigenvalue weighted by atomic mass is 9.82. The molecular formula is C19H25N. The van der Waals surface area contributed by atoms with Crippen LogP contribution in [0.3, 0.4) is 0 Å². The molecular weight excluding hydrogens is 242 g/mol. The smallest absolute Gasteiger partial charge is 0.0306 e. The molecule has 1 aliphatic rings. The second-order valence-electron chi connectivity index (χ2n) is 6.36. The van der Waals surface area contributed by atoms with Gasteiger partial charge in [-0.1, -0.05) is 68.5 Å². The molecule has 1 unspecified atom stereocenters. The van der Waals surface area contributed by atoms with Crippen LogP contribution in [0.15, 0.2) is 36.4 Å². The Morgan fingerprint density at radius 2 is 1.80 bits per heavy atom. The Hall–Kier alpha value is -1.34. The highest BCUT2D eigenvalue weighted by atomic mass is 14.6. The van der Waals surface area contributed by atoms with E-state index >= 15 is 0 Å². The van der Waals surface area contributed by atoms with E-state index in [-0.39, 0.29) is 6.04 Å². The van der Waals surface area contributed by atoms with Crippen LogP contribution in [0.2, 0.25) is 0 Å². The number of rotatable bonds is 3. The van der Waals surface area contributed by atoms with Crippen molar-refractivity contribution < 1.29 is 0 Å². The third kappa shape index (κ3) is 2.73. The van der Waals surface area contributed by atoms with Crippen LogP contribution < -0.4 is 5.73 Å². The van der Waals surface area contributed by atoms with Crippen LogP contribution in [0, 0.1) is 12.8 Å². The van der Waals surface area contributed by atoms with Gasteiger partial charge >= 0.3 is 0 Å². The molecule has 3 rings (SSSR count). The van der Waals surface area contributed by atoms with E-state index in [2.05, 4.69) is 43.3 Å². The van der Waals surface area contributed by atoms with Gasteiger partial charge in [-0.05, 0) is 41.2 Å². The van der Waals surface area contributed by atoms with E-state index in [1.165, 1.54) is 54.0 Å². The van der Waals surface area contributed by atoms with Crippen molar-refractivity contribution in [1.29, 1.82) is 0 Å². The first-order valence-electron chi connectivity index (χ1n) is 7.99. The minimum Gasteiger partial charge on any atom is -0.324 e. The monoisotopic (exact) mass is 267 g/mol. The van der Waals surface area contributed by atoms with Crippen molar-refractivity contribution in [2.45, 2.75) is 51.5 Å². The molecule has 106 valence electrons. The molecule has 1 heteroatoms. The number of aryl methyl sites for hydroxylation is 1. The molecule has 0 spiro atoms. The lowest BCUT2D eigenvalue weighted by molar-refractivity contribution is 0.319. The third-order valence-corrected chi connectivity index (χ3v) is 4.87. The first kappa shape index (κ1) is 13.6. The summed E-state index contributed by atoms with van der Waals surface area (Å²) in [7, 11) is 0. The Balaban J connectivity index is 1.89. The average Bonchev–Trinajstić information content (AvgIpc) is 2.48. The summed E-state index contributed by atoms with van der Waals surface area (Å²) in [5.41, 5.74) is 9.30. The molecule has 1 nitrogen and oxygen atoms in total. The summed E-state index contributed by atoms with van der Waals surface area (Å²) in [4.78, 5) is 0.